The normalized spacial score (nSPS) is 13.1. The SMILES string of the molecule is CC/C=C\C/C=C\C/C=C\C/C=C\C/C=C\C/C=C\C/C=C\C/C=C\C/C=C\CCCCCCCCCCCC(=O)OC(CO)COC(=O)CCCCCCCCCCCCCCC/C=C\C/C=C\CCCCCCC. The first-order valence-electron chi connectivity index (χ1n) is 31.7. The Morgan fingerprint density at radius 1 is 0.316 bits per heavy atom. The number of esters is 2. The number of ether oxygens (including phenoxy) is 2. The minimum Gasteiger partial charge on any atom is -0.462 e. The van der Waals surface area contributed by atoms with Crippen LogP contribution in [-0.2, 0) is 19.1 Å². The van der Waals surface area contributed by atoms with Crippen molar-refractivity contribution in [2.45, 2.75) is 290 Å². The van der Waals surface area contributed by atoms with Gasteiger partial charge in [0.05, 0.1) is 6.61 Å². The van der Waals surface area contributed by atoms with Gasteiger partial charge in [-0.25, -0.2) is 0 Å². The van der Waals surface area contributed by atoms with Crippen LogP contribution in [0.4, 0.5) is 0 Å². The summed E-state index contributed by atoms with van der Waals surface area (Å²) in [5, 5.41) is 9.68. The quantitative estimate of drug-likeness (QED) is 0.0373. The van der Waals surface area contributed by atoms with Crippen LogP contribution < -0.4 is 0 Å². The van der Waals surface area contributed by atoms with Gasteiger partial charge in [-0.1, -0.05) is 289 Å². The second-order valence-electron chi connectivity index (χ2n) is 20.8. The lowest BCUT2D eigenvalue weighted by atomic mass is 10.0. The molecule has 0 fully saturated rings. The molecule has 0 radical (unpaired) electrons. The van der Waals surface area contributed by atoms with E-state index >= 15 is 0 Å². The van der Waals surface area contributed by atoms with Gasteiger partial charge in [-0.2, -0.15) is 0 Å². The molecule has 0 amide bonds. The fourth-order valence-corrected chi connectivity index (χ4v) is 8.70. The van der Waals surface area contributed by atoms with Crippen LogP contribution in [0.3, 0.4) is 0 Å². The molecule has 0 saturated carbocycles. The zero-order valence-electron chi connectivity index (χ0n) is 49.5. The third-order valence-corrected chi connectivity index (χ3v) is 13.4. The number of hydrogen-bond donors (Lipinski definition) is 1. The Balaban J connectivity index is 3.56. The van der Waals surface area contributed by atoms with Crippen LogP contribution >= 0.6 is 0 Å². The highest BCUT2D eigenvalue weighted by atomic mass is 16.6. The summed E-state index contributed by atoms with van der Waals surface area (Å²) in [6.07, 6.45) is 97.2. The summed E-state index contributed by atoms with van der Waals surface area (Å²) in [7, 11) is 0. The minimum atomic E-state index is -0.785. The number of aliphatic hydroxyl groups is 1. The van der Waals surface area contributed by atoms with Gasteiger partial charge < -0.3 is 14.6 Å². The van der Waals surface area contributed by atoms with Crippen LogP contribution in [0.1, 0.15) is 284 Å². The van der Waals surface area contributed by atoms with Crippen molar-refractivity contribution in [3.05, 3.63) is 134 Å². The van der Waals surface area contributed by atoms with Gasteiger partial charge in [0.1, 0.15) is 6.61 Å². The van der Waals surface area contributed by atoms with E-state index in [0.717, 1.165) is 109 Å². The molecular formula is C71H118O5. The molecule has 0 aromatic carbocycles. The standard InChI is InChI=1S/C71H118O5/c1-3-5-7-9-11-13-15-17-19-21-23-25-27-29-30-31-32-33-34-35-36-37-38-39-40-42-44-46-48-50-52-54-56-58-60-62-64-66-71(74)76-69(67-72)68-75-70(73)65-63-61-59-57-55-53-51-49-47-45-43-41-28-26-24-22-20-18-16-14-12-10-8-6-4-2/h5,7,11,13,16-19,22-25,29-30,32-33,35-36,38-39,42,44,69,72H,3-4,6,8-10,12,14-15,20-21,26-28,31,34,37,40-41,43,45-68H2,1-2H3/b7-5-,13-11-,18-16-,19-17-,24-22-,25-23-,30-29-,33-32-,36-35-,39-38-,44-42-. The predicted molar refractivity (Wildman–Crippen MR) is 334 cm³/mol. The van der Waals surface area contributed by atoms with E-state index in [9.17, 15) is 14.7 Å². The molecule has 0 heterocycles. The first kappa shape index (κ1) is 72.0. The fraction of sp³-hybridized carbons (Fsp3) is 0.662. The molecular weight excluding hydrogens is 933 g/mol. The highest BCUT2D eigenvalue weighted by Crippen LogP contribution is 2.16. The van der Waals surface area contributed by atoms with Gasteiger partial charge in [-0.3, -0.25) is 9.59 Å². The maximum absolute atomic E-state index is 12.3. The molecule has 1 N–H and O–H groups in total. The van der Waals surface area contributed by atoms with Crippen molar-refractivity contribution in [3.8, 4) is 0 Å². The van der Waals surface area contributed by atoms with Crippen LogP contribution in [0.25, 0.3) is 0 Å². The Kier molecular flexibility index (Phi) is 61.9. The molecule has 0 aliphatic rings. The molecule has 432 valence electrons. The van der Waals surface area contributed by atoms with E-state index in [2.05, 4.69) is 148 Å². The summed E-state index contributed by atoms with van der Waals surface area (Å²) >= 11 is 0. The number of hydrogen-bond acceptors (Lipinski definition) is 5. The van der Waals surface area contributed by atoms with Gasteiger partial charge in [0.2, 0.25) is 0 Å². The molecule has 0 aromatic heterocycles. The summed E-state index contributed by atoms with van der Waals surface area (Å²) in [5.41, 5.74) is 0. The Morgan fingerprint density at radius 3 is 0.855 bits per heavy atom. The molecule has 0 saturated heterocycles. The van der Waals surface area contributed by atoms with E-state index in [4.69, 9.17) is 9.47 Å². The third-order valence-electron chi connectivity index (χ3n) is 13.4. The molecule has 1 unspecified atom stereocenters. The predicted octanol–water partition coefficient (Wildman–Crippen LogP) is 22.0. The van der Waals surface area contributed by atoms with Crippen molar-refractivity contribution in [2.24, 2.45) is 0 Å². The minimum absolute atomic E-state index is 0.0742. The first-order valence-corrected chi connectivity index (χ1v) is 31.7. The smallest absolute Gasteiger partial charge is 0.306 e. The maximum atomic E-state index is 12.3. The topological polar surface area (TPSA) is 72.8 Å². The second kappa shape index (κ2) is 65.3. The van der Waals surface area contributed by atoms with E-state index < -0.39 is 6.10 Å². The highest BCUT2D eigenvalue weighted by Gasteiger charge is 2.16. The Hall–Kier alpha value is -3.96. The second-order valence-corrected chi connectivity index (χ2v) is 20.8. The van der Waals surface area contributed by atoms with Gasteiger partial charge in [0, 0.05) is 12.8 Å². The Labute approximate surface area is 470 Å². The first-order chi connectivity index (χ1) is 37.6. The monoisotopic (exact) mass is 1050 g/mol. The van der Waals surface area contributed by atoms with Gasteiger partial charge in [-0.15, -0.1) is 0 Å². The number of unbranched alkanes of at least 4 members (excludes halogenated alkanes) is 27. The van der Waals surface area contributed by atoms with Crippen molar-refractivity contribution < 1.29 is 24.2 Å². The van der Waals surface area contributed by atoms with E-state index in [-0.39, 0.29) is 25.2 Å². The molecule has 0 spiro atoms. The van der Waals surface area contributed by atoms with E-state index in [1.165, 1.54) is 148 Å². The lowest BCUT2D eigenvalue weighted by Crippen LogP contribution is -2.28. The average Bonchev–Trinajstić information content (AvgIpc) is 3.42. The van der Waals surface area contributed by atoms with E-state index in [0.29, 0.717) is 12.8 Å². The molecule has 76 heavy (non-hydrogen) atoms. The highest BCUT2D eigenvalue weighted by molar-refractivity contribution is 5.70. The van der Waals surface area contributed by atoms with E-state index in [1.54, 1.807) is 0 Å². The summed E-state index contributed by atoms with van der Waals surface area (Å²) in [5.74, 6) is -0.599. The molecule has 0 rings (SSSR count). The molecule has 5 heteroatoms. The van der Waals surface area contributed by atoms with Gasteiger partial charge >= 0.3 is 11.9 Å². The molecule has 1 atom stereocenters. The zero-order chi connectivity index (χ0) is 54.8. The number of aliphatic hydroxyl groups excluding tert-OH is 1. The number of carbonyl (C=O) groups is 2. The largest absolute Gasteiger partial charge is 0.462 e. The summed E-state index contributed by atoms with van der Waals surface area (Å²) in [6, 6.07) is 0. The van der Waals surface area contributed by atoms with Crippen LogP contribution in [-0.4, -0.2) is 36.4 Å². The lowest BCUT2D eigenvalue weighted by molar-refractivity contribution is -0.161. The number of rotatable bonds is 57. The van der Waals surface area contributed by atoms with Crippen LogP contribution in [0.5, 0.6) is 0 Å². The molecule has 0 aliphatic carbocycles. The number of carbonyl (C=O) groups excluding carboxylic acids is 2. The lowest BCUT2D eigenvalue weighted by Gasteiger charge is -2.15. The van der Waals surface area contributed by atoms with Crippen LogP contribution in [0.2, 0.25) is 0 Å². The van der Waals surface area contributed by atoms with Crippen molar-refractivity contribution in [1.82, 2.24) is 0 Å². The fourth-order valence-electron chi connectivity index (χ4n) is 8.70. The van der Waals surface area contributed by atoms with Crippen LogP contribution in [0.15, 0.2) is 134 Å². The summed E-state index contributed by atoms with van der Waals surface area (Å²) in [6.45, 7) is 4.02. The zero-order valence-corrected chi connectivity index (χ0v) is 49.5. The summed E-state index contributed by atoms with van der Waals surface area (Å²) in [4.78, 5) is 24.6. The van der Waals surface area contributed by atoms with Gasteiger partial charge in [0.15, 0.2) is 6.10 Å². The van der Waals surface area contributed by atoms with Crippen molar-refractivity contribution >= 4 is 11.9 Å². The Morgan fingerprint density at radius 2 is 0.566 bits per heavy atom. The maximum Gasteiger partial charge on any atom is 0.306 e. The third kappa shape index (κ3) is 62.6. The Bertz CT molecular complexity index is 1570. The number of allylic oxidation sites excluding steroid dienone is 22. The van der Waals surface area contributed by atoms with Gasteiger partial charge in [0.25, 0.3) is 0 Å². The molecule has 5 nitrogen and oxygen atoms in total. The molecule has 0 aromatic rings. The van der Waals surface area contributed by atoms with Crippen molar-refractivity contribution in [2.75, 3.05) is 13.2 Å². The van der Waals surface area contributed by atoms with Crippen LogP contribution in [0, 0.1) is 0 Å². The van der Waals surface area contributed by atoms with Gasteiger partial charge in [-0.05, 0) is 116 Å². The van der Waals surface area contributed by atoms with Crippen molar-refractivity contribution in [3.63, 3.8) is 0 Å². The average molecular weight is 1050 g/mol. The summed E-state index contributed by atoms with van der Waals surface area (Å²) < 4.78 is 10.7. The molecule has 0 aliphatic heterocycles. The van der Waals surface area contributed by atoms with Crippen molar-refractivity contribution in [1.29, 1.82) is 0 Å². The molecule has 0 bridgehead atoms. The van der Waals surface area contributed by atoms with E-state index in [1.807, 2.05) is 0 Å².